The lowest BCUT2D eigenvalue weighted by atomic mass is 10.1. The van der Waals surface area contributed by atoms with Crippen LogP contribution < -0.4 is 10.1 Å². The van der Waals surface area contributed by atoms with E-state index in [1.54, 1.807) is 6.92 Å². The topological polar surface area (TPSA) is 41.6 Å². The van der Waals surface area contributed by atoms with Crippen molar-refractivity contribution in [2.75, 3.05) is 20.1 Å². The summed E-state index contributed by atoms with van der Waals surface area (Å²) in [5.41, 5.74) is 0. The summed E-state index contributed by atoms with van der Waals surface area (Å²) in [6.45, 7) is 3.22. The van der Waals surface area contributed by atoms with Crippen molar-refractivity contribution in [3.8, 4) is 5.75 Å². The van der Waals surface area contributed by atoms with E-state index in [4.69, 9.17) is 4.74 Å². The molecule has 5 heteroatoms. The second-order valence-electron chi connectivity index (χ2n) is 5.13. The number of hydrogen-bond acceptors (Lipinski definition) is 3. The fourth-order valence-electron chi connectivity index (χ4n) is 2.44. The van der Waals surface area contributed by atoms with Crippen molar-refractivity contribution in [2.45, 2.75) is 31.9 Å². The van der Waals surface area contributed by atoms with Crippen LogP contribution in [0.3, 0.4) is 0 Å². The van der Waals surface area contributed by atoms with Gasteiger partial charge in [0.05, 0.1) is 0 Å². The minimum atomic E-state index is -0.559. The third-order valence-electron chi connectivity index (χ3n) is 3.62. The van der Waals surface area contributed by atoms with Crippen LogP contribution in [0.4, 0.5) is 4.39 Å². The molecule has 1 aliphatic rings. The van der Waals surface area contributed by atoms with Crippen LogP contribution in [0.25, 0.3) is 0 Å². The average Bonchev–Trinajstić information content (AvgIpc) is 2.48. The Balaban J connectivity index is 1.92. The Morgan fingerprint density at radius 1 is 1.45 bits per heavy atom. The van der Waals surface area contributed by atoms with E-state index in [2.05, 4.69) is 5.32 Å². The van der Waals surface area contributed by atoms with Crippen molar-refractivity contribution in [3.05, 3.63) is 30.1 Å². The zero-order valence-electron chi connectivity index (χ0n) is 11.9. The number of likely N-dealkylation sites (tertiary alicyclic amines) is 1. The highest BCUT2D eigenvalue weighted by molar-refractivity contribution is 5.81. The summed E-state index contributed by atoms with van der Waals surface area (Å²) in [7, 11) is 1.91. The number of carbonyl (C=O) groups excluding carboxylic acids is 1. The maximum atomic E-state index is 12.8. The minimum Gasteiger partial charge on any atom is -0.481 e. The highest BCUT2D eigenvalue weighted by Gasteiger charge is 2.27. The van der Waals surface area contributed by atoms with Gasteiger partial charge in [-0.2, -0.15) is 0 Å². The maximum Gasteiger partial charge on any atom is 0.263 e. The summed E-state index contributed by atoms with van der Waals surface area (Å²) in [6.07, 6.45) is 1.53. The van der Waals surface area contributed by atoms with E-state index in [1.165, 1.54) is 24.3 Å². The van der Waals surface area contributed by atoms with E-state index in [1.807, 2.05) is 11.9 Å². The van der Waals surface area contributed by atoms with Gasteiger partial charge in [0.15, 0.2) is 6.10 Å². The van der Waals surface area contributed by atoms with Gasteiger partial charge in [-0.1, -0.05) is 0 Å². The van der Waals surface area contributed by atoms with E-state index in [9.17, 15) is 9.18 Å². The molecule has 1 aromatic carbocycles. The predicted molar refractivity (Wildman–Crippen MR) is 75.2 cm³/mol. The van der Waals surface area contributed by atoms with Crippen LogP contribution >= 0.6 is 0 Å². The summed E-state index contributed by atoms with van der Waals surface area (Å²) in [6, 6.07) is 6.07. The van der Waals surface area contributed by atoms with Crippen LogP contribution in [0.1, 0.15) is 19.8 Å². The number of likely N-dealkylation sites (N-methyl/N-ethyl adjacent to an activating group) is 1. The molecule has 0 aromatic heterocycles. The van der Waals surface area contributed by atoms with Gasteiger partial charge < -0.3 is 15.0 Å². The summed E-state index contributed by atoms with van der Waals surface area (Å²) in [4.78, 5) is 14.2. The van der Waals surface area contributed by atoms with Crippen LogP contribution in [0.5, 0.6) is 5.75 Å². The second-order valence-corrected chi connectivity index (χ2v) is 5.13. The van der Waals surface area contributed by atoms with Gasteiger partial charge in [0.2, 0.25) is 0 Å². The maximum absolute atomic E-state index is 12.8. The Bertz CT molecular complexity index is 450. The molecule has 1 fully saturated rings. The van der Waals surface area contributed by atoms with Gasteiger partial charge in [-0.3, -0.25) is 4.79 Å². The predicted octanol–water partition coefficient (Wildman–Crippen LogP) is 1.80. The molecule has 0 radical (unpaired) electrons. The number of hydrogen-bond donors (Lipinski definition) is 1. The summed E-state index contributed by atoms with van der Waals surface area (Å²) in [5, 5.41) is 3.21. The van der Waals surface area contributed by atoms with Gasteiger partial charge in [0, 0.05) is 19.1 Å². The van der Waals surface area contributed by atoms with E-state index in [0.717, 1.165) is 19.4 Å². The van der Waals surface area contributed by atoms with E-state index in [-0.39, 0.29) is 11.7 Å². The summed E-state index contributed by atoms with van der Waals surface area (Å²) in [5.74, 6) is 0.174. The second kappa shape index (κ2) is 6.70. The number of rotatable bonds is 4. The fraction of sp³-hybridized carbons (Fsp3) is 0.533. The monoisotopic (exact) mass is 280 g/mol. The molecule has 0 spiro atoms. The first-order valence-corrected chi connectivity index (χ1v) is 6.98. The minimum absolute atomic E-state index is 0.0192. The average molecular weight is 280 g/mol. The first kappa shape index (κ1) is 14.8. The standard InChI is InChI=1S/C15H21FN2O2/c1-11(20-14-7-5-12(16)6-8-14)15(19)18-9-3-4-13(10-18)17-2/h5-8,11,13,17H,3-4,9-10H2,1-2H3. The highest BCUT2D eigenvalue weighted by Crippen LogP contribution is 2.16. The van der Waals surface area contributed by atoms with Crippen molar-refractivity contribution < 1.29 is 13.9 Å². The Morgan fingerprint density at radius 2 is 2.15 bits per heavy atom. The quantitative estimate of drug-likeness (QED) is 0.914. The SMILES string of the molecule is CNC1CCCN(C(=O)C(C)Oc2ccc(F)cc2)C1. The van der Waals surface area contributed by atoms with Crippen LogP contribution in [-0.4, -0.2) is 43.1 Å². The van der Waals surface area contributed by atoms with Crippen molar-refractivity contribution >= 4 is 5.91 Å². The number of piperidine rings is 1. The zero-order chi connectivity index (χ0) is 14.5. The number of nitrogens with one attached hydrogen (secondary N) is 1. The number of ether oxygens (including phenoxy) is 1. The van der Waals surface area contributed by atoms with Gasteiger partial charge in [0.25, 0.3) is 5.91 Å². The zero-order valence-corrected chi connectivity index (χ0v) is 11.9. The number of nitrogens with zero attached hydrogens (tertiary/aromatic N) is 1. The number of amides is 1. The molecule has 0 aliphatic carbocycles. The molecule has 2 unspecified atom stereocenters. The molecule has 0 saturated carbocycles. The Morgan fingerprint density at radius 3 is 2.80 bits per heavy atom. The van der Waals surface area contributed by atoms with Crippen LogP contribution in [0, 0.1) is 5.82 Å². The Kier molecular flexibility index (Phi) is 4.95. The number of halogens is 1. The van der Waals surface area contributed by atoms with E-state index in [0.29, 0.717) is 18.3 Å². The molecule has 4 nitrogen and oxygen atoms in total. The normalized spacial score (nSPS) is 20.6. The van der Waals surface area contributed by atoms with Gasteiger partial charge in [0.1, 0.15) is 11.6 Å². The van der Waals surface area contributed by atoms with Gasteiger partial charge in [-0.25, -0.2) is 4.39 Å². The number of benzene rings is 1. The van der Waals surface area contributed by atoms with E-state index < -0.39 is 6.10 Å². The molecule has 1 saturated heterocycles. The Hall–Kier alpha value is -1.62. The first-order chi connectivity index (χ1) is 9.60. The molecule has 2 atom stereocenters. The molecule has 1 N–H and O–H groups in total. The van der Waals surface area contributed by atoms with Crippen molar-refractivity contribution in [2.24, 2.45) is 0 Å². The van der Waals surface area contributed by atoms with Crippen LogP contribution in [-0.2, 0) is 4.79 Å². The molecule has 2 rings (SSSR count). The van der Waals surface area contributed by atoms with Crippen molar-refractivity contribution in [3.63, 3.8) is 0 Å². The summed E-state index contributed by atoms with van der Waals surface area (Å²) >= 11 is 0. The van der Waals surface area contributed by atoms with E-state index >= 15 is 0 Å². The van der Waals surface area contributed by atoms with Crippen molar-refractivity contribution in [1.29, 1.82) is 0 Å². The molecule has 1 heterocycles. The Labute approximate surface area is 118 Å². The van der Waals surface area contributed by atoms with Crippen molar-refractivity contribution in [1.82, 2.24) is 10.2 Å². The third kappa shape index (κ3) is 3.70. The molecular formula is C15H21FN2O2. The van der Waals surface area contributed by atoms with Crippen LogP contribution in [0.15, 0.2) is 24.3 Å². The third-order valence-corrected chi connectivity index (χ3v) is 3.62. The summed E-state index contributed by atoms with van der Waals surface area (Å²) < 4.78 is 18.4. The largest absolute Gasteiger partial charge is 0.481 e. The molecule has 20 heavy (non-hydrogen) atoms. The van der Waals surface area contributed by atoms with Gasteiger partial charge >= 0.3 is 0 Å². The lowest BCUT2D eigenvalue weighted by molar-refractivity contribution is -0.139. The van der Waals surface area contributed by atoms with Crippen LogP contribution in [0.2, 0.25) is 0 Å². The lowest BCUT2D eigenvalue weighted by Gasteiger charge is -2.34. The highest BCUT2D eigenvalue weighted by atomic mass is 19.1. The molecule has 0 bridgehead atoms. The van der Waals surface area contributed by atoms with Gasteiger partial charge in [-0.15, -0.1) is 0 Å². The first-order valence-electron chi connectivity index (χ1n) is 6.98. The van der Waals surface area contributed by atoms with Gasteiger partial charge in [-0.05, 0) is 51.1 Å². The molecular weight excluding hydrogens is 259 g/mol. The molecule has 1 aromatic rings. The fourth-order valence-corrected chi connectivity index (χ4v) is 2.44. The number of carbonyl (C=O) groups is 1. The smallest absolute Gasteiger partial charge is 0.263 e. The molecule has 1 aliphatic heterocycles. The lowest BCUT2D eigenvalue weighted by Crippen LogP contribution is -2.50. The molecule has 1 amide bonds. The molecule has 110 valence electrons.